The Bertz CT molecular complexity index is 79.7. The van der Waals surface area contributed by atoms with Gasteiger partial charge < -0.3 is 10.4 Å². The van der Waals surface area contributed by atoms with E-state index in [-0.39, 0.29) is 6.61 Å². The van der Waals surface area contributed by atoms with Gasteiger partial charge in [-0.1, -0.05) is 0 Å². The normalized spacial score (nSPS) is 27.9. The zero-order valence-corrected chi connectivity index (χ0v) is 6.21. The minimum atomic E-state index is 0.260. The smallest absolute Gasteiger partial charge is 0.0446 e. The third kappa shape index (κ3) is 2.64. The van der Waals surface area contributed by atoms with Crippen molar-refractivity contribution in [3.05, 3.63) is 0 Å². The molecule has 1 heterocycles. The van der Waals surface area contributed by atoms with Gasteiger partial charge in [-0.25, -0.2) is 5.32 Å². The molecule has 0 saturated carbocycles. The summed E-state index contributed by atoms with van der Waals surface area (Å²) in [5.41, 5.74) is 0. The molecule has 3 nitrogen and oxygen atoms in total. The van der Waals surface area contributed by atoms with Crippen LogP contribution in [0.25, 0.3) is 0 Å². The third-order valence-electron chi connectivity index (χ3n) is 1.74. The Morgan fingerprint density at radius 3 is 3.30 bits per heavy atom. The third-order valence-corrected chi connectivity index (χ3v) is 1.74. The molecule has 0 bridgehead atoms. The van der Waals surface area contributed by atoms with E-state index in [4.69, 9.17) is 5.11 Å². The predicted octanol–water partition coefficient (Wildman–Crippen LogP) is -0.665. The van der Waals surface area contributed by atoms with Crippen LogP contribution in [0, 0.1) is 0 Å². The van der Waals surface area contributed by atoms with Crippen molar-refractivity contribution in [1.29, 1.82) is 0 Å². The summed E-state index contributed by atoms with van der Waals surface area (Å²) in [7, 11) is 0. The van der Waals surface area contributed by atoms with Crippen LogP contribution < -0.4 is 10.6 Å². The zero-order valence-electron chi connectivity index (χ0n) is 6.21. The molecule has 1 radical (unpaired) electrons. The molecule has 1 aliphatic rings. The minimum absolute atomic E-state index is 0.260. The first kappa shape index (κ1) is 7.98. The van der Waals surface area contributed by atoms with Crippen molar-refractivity contribution in [2.45, 2.75) is 18.9 Å². The molecular weight excluding hydrogens is 128 g/mol. The van der Waals surface area contributed by atoms with Crippen molar-refractivity contribution in [1.82, 2.24) is 10.6 Å². The van der Waals surface area contributed by atoms with Gasteiger partial charge in [0.25, 0.3) is 0 Å². The number of aliphatic hydroxyl groups excluding tert-OH is 1. The summed E-state index contributed by atoms with van der Waals surface area (Å²) in [6, 6.07) is 0.354. The van der Waals surface area contributed by atoms with Crippen molar-refractivity contribution in [2.75, 3.05) is 26.2 Å². The highest BCUT2D eigenvalue weighted by atomic mass is 16.3. The SMILES string of the molecule is OCCC1CNCCC[N]1. The molecule has 1 aliphatic heterocycles. The molecule has 0 aromatic rings. The van der Waals surface area contributed by atoms with Crippen molar-refractivity contribution >= 4 is 0 Å². The van der Waals surface area contributed by atoms with Crippen molar-refractivity contribution in [3.8, 4) is 0 Å². The van der Waals surface area contributed by atoms with Gasteiger partial charge >= 0.3 is 0 Å². The molecule has 1 fully saturated rings. The minimum Gasteiger partial charge on any atom is -0.396 e. The second-order valence-electron chi connectivity index (χ2n) is 2.63. The van der Waals surface area contributed by atoms with Crippen molar-refractivity contribution in [3.63, 3.8) is 0 Å². The second-order valence-corrected chi connectivity index (χ2v) is 2.63. The first-order valence-corrected chi connectivity index (χ1v) is 3.91. The Balaban J connectivity index is 2.15. The molecule has 3 heteroatoms. The van der Waals surface area contributed by atoms with Crippen molar-refractivity contribution in [2.24, 2.45) is 0 Å². The van der Waals surface area contributed by atoms with Gasteiger partial charge in [0.2, 0.25) is 0 Å². The monoisotopic (exact) mass is 143 g/mol. The van der Waals surface area contributed by atoms with Crippen LogP contribution in [-0.2, 0) is 0 Å². The molecule has 1 rings (SSSR count). The molecule has 1 unspecified atom stereocenters. The lowest BCUT2D eigenvalue weighted by Gasteiger charge is -2.11. The lowest BCUT2D eigenvalue weighted by atomic mass is 10.2. The van der Waals surface area contributed by atoms with Crippen LogP contribution in [-0.4, -0.2) is 37.4 Å². The summed E-state index contributed by atoms with van der Waals surface area (Å²) in [6.07, 6.45) is 1.95. The van der Waals surface area contributed by atoms with Gasteiger partial charge in [-0.05, 0) is 19.4 Å². The Hall–Kier alpha value is -0.120. The summed E-state index contributed by atoms with van der Waals surface area (Å²) in [5, 5.41) is 16.3. The van der Waals surface area contributed by atoms with Crippen LogP contribution >= 0.6 is 0 Å². The number of hydrogen-bond acceptors (Lipinski definition) is 2. The molecule has 1 saturated heterocycles. The summed E-state index contributed by atoms with van der Waals surface area (Å²) >= 11 is 0. The van der Waals surface area contributed by atoms with E-state index in [1.54, 1.807) is 0 Å². The Morgan fingerprint density at radius 2 is 2.50 bits per heavy atom. The number of nitrogens with one attached hydrogen (secondary N) is 1. The fourth-order valence-corrected chi connectivity index (χ4v) is 1.15. The Morgan fingerprint density at radius 1 is 1.60 bits per heavy atom. The maximum atomic E-state index is 8.62. The Kier molecular flexibility index (Phi) is 3.72. The van der Waals surface area contributed by atoms with Crippen LogP contribution in [0.3, 0.4) is 0 Å². The predicted molar refractivity (Wildman–Crippen MR) is 40.0 cm³/mol. The number of nitrogens with zero attached hydrogens (tertiary/aromatic N) is 1. The molecule has 2 N–H and O–H groups in total. The second kappa shape index (κ2) is 4.66. The van der Waals surface area contributed by atoms with Crippen LogP contribution in [0.5, 0.6) is 0 Å². The lowest BCUT2D eigenvalue weighted by Crippen LogP contribution is -2.31. The van der Waals surface area contributed by atoms with E-state index in [0.717, 1.165) is 32.5 Å². The molecule has 0 spiro atoms. The summed E-state index contributed by atoms with van der Waals surface area (Å²) < 4.78 is 0. The average Bonchev–Trinajstić information content (AvgIpc) is 2.17. The topological polar surface area (TPSA) is 46.4 Å². The highest BCUT2D eigenvalue weighted by molar-refractivity contribution is 4.72. The molecule has 0 aromatic carbocycles. The maximum Gasteiger partial charge on any atom is 0.0446 e. The maximum absolute atomic E-state index is 8.62. The lowest BCUT2D eigenvalue weighted by molar-refractivity contribution is 0.265. The van der Waals surface area contributed by atoms with E-state index in [2.05, 4.69) is 10.6 Å². The largest absolute Gasteiger partial charge is 0.396 e. The Labute approximate surface area is 61.8 Å². The van der Waals surface area contributed by atoms with E-state index in [1.165, 1.54) is 0 Å². The van der Waals surface area contributed by atoms with Crippen molar-refractivity contribution < 1.29 is 5.11 Å². The van der Waals surface area contributed by atoms with Gasteiger partial charge in [-0.15, -0.1) is 0 Å². The highest BCUT2D eigenvalue weighted by Gasteiger charge is 2.10. The van der Waals surface area contributed by atoms with Gasteiger partial charge in [0.15, 0.2) is 0 Å². The van der Waals surface area contributed by atoms with E-state index >= 15 is 0 Å². The average molecular weight is 143 g/mol. The first-order chi connectivity index (χ1) is 4.93. The molecule has 1 atom stereocenters. The standard InChI is InChI=1S/C7H15N2O/c10-5-2-7-6-8-3-1-4-9-7/h7-8,10H,1-6H2. The van der Waals surface area contributed by atoms with E-state index in [1.807, 2.05) is 0 Å². The molecule has 0 aliphatic carbocycles. The zero-order chi connectivity index (χ0) is 7.23. The fourth-order valence-electron chi connectivity index (χ4n) is 1.15. The first-order valence-electron chi connectivity index (χ1n) is 3.91. The summed E-state index contributed by atoms with van der Waals surface area (Å²) in [5.74, 6) is 0. The summed E-state index contributed by atoms with van der Waals surface area (Å²) in [6.45, 7) is 3.24. The van der Waals surface area contributed by atoms with Crippen LogP contribution in [0.4, 0.5) is 0 Å². The molecular formula is C7H15N2O. The van der Waals surface area contributed by atoms with Crippen LogP contribution in [0.2, 0.25) is 0 Å². The van der Waals surface area contributed by atoms with E-state index in [0.29, 0.717) is 6.04 Å². The van der Waals surface area contributed by atoms with Gasteiger partial charge in [0.05, 0.1) is 0 Å². The summed E-state index contributed by atoms with van der Waals surface area (Å²) in [4.78, 5) is 0. The van der Waals surface area contributed by atoms with Gasteiger partial charge in [0.1, 0.15) is 0 Å². The molecule has 0 amide bonds. The highest BCUT2D eigenvalue weighted by Crippen LogP contribution is 1.95. The number of hydrogen-bond donors (Lipinski definition) is 2. The van der Waals surface area contributed by atoms with Crippen LogP contribution in [0.1, 0.15) is 12.8 Å². The quantitative estimate of drug-likeness (QED) is 0.539. The molecule has 0 aromatic heterocycles. The molecule has 59 valence electrons. The number of rotatable bonds is 2. The van der Waals surface area contributed by atoms with Gasteiger partial charge in [-0.2, -0.15) is 0 Å². The molecule has 10 heavy (non-hydrogen) atoms. The van der Waals surface area contributed by atoms with Crippen LogP contribution in [0.15, 0.2) is 0 Å². The van der Waals surface area contributed by atoms with Gasteiger partial charge in [0, 0.05) is 25.7 Å². The fraction of sp³-hybridized carbons (Fsp3) is 1.00. The van der Waals surface area contributed by atoms with Gasteiger partial charge in [-0.3, -0.25) is 0 Å². The van der Waals surface area contributed by atoms with E-state index < -0.39 is 0 Å². The number of aliphatic hydroxyl groups is 1. The van der Waals surface area contributed by atoms with E-state index in [9.17, 15) is 0 Å².